The molecule has 1 aliphatic heterocycles. The molecule has 3 heterocycles. The van der Waals surface area contributed by atoms with Crippen molar-refractivity contribution in [3.8, 4) is 5.88 Å². The number of hydrogen-bond acceptors (Lipinski definition) is 6. The smallest absolute Gasteiger partial charge is 0.230 e. The molecular formula is C18H21ClN4O2S. The zero-order chi connectivity index (χ0) is 18.4. The van der Waals surface area contributed by atoms with Crippen molar-refractivity contribution in [3.05, 3.63) is 45.6 Å². The Morgan fingerprint density at radius 2 is 1.88 bits per heavy atom. The number of ether oxygens (including phenoxy) is 1. The van der Waals surface area contributed by atoms with Gasteiger partial charge in [-0.25, -0.2) is 4.98 Å². The first-order valence-electron chi connectivity index (χ1n) is 8.62. The van der Waals surface area contributed by atoms with Crippen molar-refractivity contribution in [2.24, 2.45) is 0 Å². The van der Waals surface area contributed by atoms with Crippen LogP contribution in [-0.4, -0.2) is 49.9 Å². The van der Waals surface area contributed by atoms with Crippen LogP contribution in [0.25, 0.3) is 4.96 Å². The summed E-state index contributed by atoms with van der Waals surface area (Å²) >= 11 is 7.56. The minimum absolute atomic E-state index is 0.102. The molecule has 1 aliphatic rings. The molecule has 26 heavy (non-hydrogen) atoms. The van der Waals surface area contributed by atoms with E-state index in [1.54, 1.807) is 0 Å². The number of halogens is 1. The Bertz CT molecular complexity index is 913. The first-order valence-corrected chi connectivity index (χ1v) is 9.82. The third kappa shape index (κ3) is 3.20. The molecule has 138 valence electrons. The van der Waals surface area contributed by atoms with E-state index >= 15 is 0 Å². The largest absolute Gasteiger partial charge is 0.492 e. The Morgan fingerprint density at radius 1 is 1.23 bits per heavy atom. The van der Waals surface area contributed by atoms with Gasteiger partial charge in [-0.2, -0.15) is 4.52 Å². The molecule has 0 spiro atoms. The molecule has 6 nitrogen and oxygen atoms in total. The van der Waals surface area contributed by atoms with Gasteiger partial charge in [0.25, 0.3) is 0 Å². The number of morpholine rings is 1. The molecule has 0 saturated carbocycles. The topological polar surface area (TPSA) is 62.9 Å². The van der Waals surface area contributed by atoms with Crippen molar-refractivity contribution in [1.29, 1.82) is 0 Å². The molecule has 0 radical (unpaired) electrons. The molecule has 2 aromatic heterocycles. The molecular weight excluding hydrogens is 372 g/mol. The molecule has 1 saturated heterocycles. The van der Waals surface area contributed by atoms with E-state index in [2.05, 4.69) is 28.8 Å². The maximum Gasteiger partial charge on any atom is 0.230 e. The van der Waals surface area contributed by atoms with Gasteiger partial charge in [0, 0.05) is 18.1 Å². The molecule has 1 fully saturated rings. The normalized spacial score (nSPS) is 22.8. The summed E-state index contributed by atoms with van der Waals surface area (Å²) in [5, 5.41) is 15.8. The quantitative estimate of drug-likeness (QED) is 0.737. The number of fused-ring (bicyclic) bond motifs is 1. The fourth-order valence-electron chi connectivity index (χ4n) is 3.63. The first kappa shape index (κ1) is 17.7. The lowest BCUT2D eigenvalue weighted by atomic mass is 10.0. The monoisotopic (exact) mass is 392 g/mol. The predicted molar refractivity (Wildman–Crippen MR) is 102 cm³/mol. The van der Waals surface area contributed by atoms with E-state index < -0.39 is 0 Å². The van der Waals surface area contributed by atoms with Crippen LogP contribution in [0.5, 0.6) is 5.88 Å². The number of aromatic hydroxyl groups is 1. The average molecular weight is 393 g/mol. The Hall–Kier alpha value is -1.67. The molecule has 0 bridgehead atoms. The van der Waals surface area contributed by atoms with Crippen LogP contribution in [-0.2, 0) is 4.74 Å². The molecule has 0 unspecified atom stereocenters. The fourth-order valence-corrected chi connectivity index (χ4v) is 4.92. The molecule has 4 rings (SSSR count). The lowest BCUT2D eigenvalue weighted by Gasteiger charge is -2.40. The number of benzene rings is 1. The lowest BCUT2D eigenvalue weighted by molar-refractivity contribution is -0.0764. The molecule has 1 aromatic carbocycles. The van der Waals surface area contributed by atoms with Gasteiger partial charge in [0.05, 0.1) is 23.1 Å². The van der Waals surface area contributed by atoms with Crippen LogP contribution < -0.4 is 0 Å². The Morgan fingerprint density at radius 3 is 2.50 bits per heavy atom. The average Bonchev–Trinajstić information content (AvgIpc) is 3.07. The summed E-state index contributed by atoms with van der Waals surface area (Å²) in [4.78, 5) is 8.29. The maximum atomic E-state index is 10.8. The van der Waals surface area contributed by atoms with Crippen molar-refractivity contribution < 1.29 is 9.84 Å². The molecule has 1 N–H and O–H groups in total. The summed E-state index contributed by atoms with van der Waals surface area (Å²) in [5.74, 6) is 0.798. The highest BCUT2D eigenvalue weighted by molar-refractivity contribution is 7.17. The van der Waals surface area contributed by atoms with Crippen molar-refractivity contribution in [2.45, 2.75) is 39.0 Å². The summed E-state index contributed by atoms with van der Waals surface area (Å²) in [6, 6.07) is 7.69. The number of hydrogen-bond donors (Lipinski definition) is 1. The zero-order valence-electron chi connectivity index (χ0n) is 14.9. The fraction of sp³-hybridized carbons (Fsp3) is 0.444. The van der Waals surface area contributed by atoms with E-state index in [9.17, 15) is 5.11 Å². The Labute approximate surface area is 161 Å². The Balaban J connectivity index is 1.82. The minimum Gasteiger partial charge on any atom is -0.492 e. The van der Waals surface area contributed by atoms with Gasteiger partial charge >= 0.3 is 0 Å². The van der Waals surface area contributed by atoms with Gasteiger partial charge in [0.15, 0.2) is 0 Å². The van der Waals surface area contributed by atoms with Gasteiger partial charge in [-0.3, -0.25) is 4.90 Å². The number of rotatable bonds is 3. The van der Waals surface area contributed by atoms with Crippen LogP contribution in [0.15, 0.2) is 24.3 Å². The summed E-state index contributed by atoms with van der Waals surface area (Å²) in [5.41, 5.74) is 1.08. The summed E-state index contributed by atoms with van der Waals surface area (Å²) in [7, 11) is 0. The number of thiazole rings is 1. The molecule has 3 aromatic rings. The van der Waals surface area contributed by atoms with Gasteiger partial charge in [0.1, 0.15) is 5.82 Å². The second-order valence-corrected chi connectivity index (χ2v) is 8.25. The molecule has 3 atom stereocenters. The minimum atomic E-state index is -0.102. The molecule has 0 aliphatic carbocycles. The highest BCUT2D eigenvalue weighted by Gasteiger charge is 2.34. The Kier molecular flexibility index (Phi) is 4.64. The van der Waals surface area contributed by atoms with E-state index in [0.29, 0.717) is 15.8 Å². The standard InChI is InChI=1S/C18H21ClN4O2S/c1-10-8-22(9-11(2)25-10)15(13-4-6-14(19)7-5-13)16-17(24)23-18(26-16)20-12(3)21-23/h4-7,10-11,15,24H,8-9H2,1-3H3/t10-,11+,15-/m1/s1. The van der Waals surface area contributed by atoms with Crippen LogP contribution in [0.3, 0.4) is 0 Å². The lowest BCUT2D eigenvalue weighted by Crippen LogP contribution is -2.47. The second kappa shape index (κ2) is 6.81. The van der Waals surface area contributed by atoms with Gasteiger partial charge in [-0.15, -0.1) is 5.10 Å². The predicted octanol–water partition coefficient (Wildman–Crippen LogP) is 3.66. The van der Waals surface area contributed by atoms with E-state index in [0.717, 1.165) is 23.5 Å². The first-order chi connectivity index (χ1) is 12.4. The SMILES string of the molecule is Cc1nc2sc([C@@H](c3ccc(Cl)cc3)N3C[C@@H](C)O[C@@H](C)C3)c(O)n2n1. The number of nitrogens with zero attached hydrogens (tertiary/aromatic N) is 4. The van der Waals surface area contributed by atoms with E-state index in [1.165, 1.54) is 15.9 Å². The van der Waals surface area contributed by atoms with E-state index in [4.69, 9.17) is 16.3 Å². The summed E-state index contributed by atoms with van der Waals surface area (Å²) < 4.78 is 7.41. The van der Waals surface area contributed by atoms with Crippen molar-refractivity contribution in [2.75, 3.05) is 13.1 Å². The van der Waals surface area contributed by atoms with Gasteiger partial charge in [-0.1, -0.05) is 35.1 Å². The third-order valence-electron chi connectivity index (χ3n) is 4.55. The van der Waals surface area contributed by atoms with Gasteiger partial charge in [-0.05, 0) is 38.5 Å². The van der Waals surface area contributed by atoms with E-state index in [-0.39, 0.29) is 24.1 Å². The summed E-state index contributed by atoms with van der Waals surface area (Å²) in [6.45, 7) is 7.54. The van der Waals surface area contributed by atoms with Crippen LogP contribution in [0.2, 0.25) is 5.02 Å². The van der Waals surface area contributed by atoms with Gasteiger partial charge in [0.2, 0.25) is 10.8 Å². The van der Waals surface area contributed by atoms with Crippen molar-refractivity contribution in [1.82, 2.24) is 19.5 Å². The highest BCUT2D eigenvalue weighted by Crippen LogP contribution is 2.41. The number of aryl methyl sites for hydroxylation is 1. The van der Waals surface area contributed by atoms with Gasteiger partial charge < -0.3 is 9.84 Å². The van der Waals surface area contributed by atoms with E-state index in [1.807, 2.05) is 31.2 Å². The second-order valence-electron chi connectivity index (χ2n) is 6.81. The maximum absolute atomic E-state index is 10.8. The van der Waals surface area contributed by atoms with Crippen LogP contribution in [0.4, 0.5) is 0 Å². The molecule has 8 heteroatoms. The zero-order valence-corrected chi connectivity index (χ0v) is 16.5. The molecule has 0 amide bonds. The summed E-state index contributed by atoms with van der Waals surface area (Å²) in [6.07, 6.45) is 0.250. The van der Waals surface area contributed by atoms with Crippen molar-refractivity contribution >= 4 is 27.9 Å². The van der Waals surface area contributed by atoms with Crippen LogP contribution in [0, 0.1) is 6.92 Å². The van der Waals surface area contributed by atoms with Crippen LogP contribution in [0.1, 0.15) is 36.2 Å². The van der Waals surface area contributed by atoms with Crippen molar-refractivity contribution in [3.63, 3.8) is 0 Å². The van der Waals surface area contributed by atoms with Crippen LogP contribution >= 0.6 is 22.9 Å². The third-order valence-corrected chi connectivity index (χ3v) is 5.88. The number of aromatic nitrogens is 3. The highest BCUT2D eigenvalue weighted by atomic mass is 35.5.